The second-order valence-corrected chi connectivity index (χ2v) is 4.34. The maximum absolute atomic E-state index is 2.26. The lowest BCUT2D eigenvalue weighted by Crippen LogP contribution is -1.95. The van der Waals surface area contributed by atoms with Crippen molar-refractivity contribution in [3.63, 3.8) is 0 Å². The van der Waals surface area contributed by atoms with E-state index in [0.29, 0.717) is 5.92 Å². The fraction of sp³-hybridized carbons (Fsp3) is 0.538. The van der Waals surface area contributed by atoms with Crippen molar-refractivity contribution in [2.45, 2.75) is 41.0 Å². The molecule has 0 heterocycles. The van der Waals surface area contributed by atoms with E-state index in [9.17, 15) is 0 Å². The molecule has 0 atom stereocenters. The Labute approximate surface area is 82.0 Å². The second-order valence-electron chi connectivity index (χ2n) is 4.34. The van der Waals surface area contributed by atoms with E-state index in [0.717, 1.165) is 6.42 Å². The third-order valence-corrected chi connectivity index (χ3v) is 2.98. The lowest BCUT2D eigenvalue weighted by atomic mass is 9.94. The van der Waals surface area contributed by atoms with Gasteiger partial charge in [-0.3, -0.25) is 0 Å². The van der Waals surface area contributed by atoms with Crippen LogP contribution in [0.3, 0.4) is 0 Å². The number of rotatable bonds is 2. The molecule has 72 valence electrons. The molecule has 0 spiro atoms. The van der Waals surface area contributed by atoms with E-state index in [1.165, 1.54) is 22.3 Å². The van der Waals surface area contributed by atoms with Crippen LogP contribution >= 0.6 is 0 Å². The fourth-order valence-electron chi connectivity index (χ4n) is 1.60. The Bertz CT molecular complexity index is 285. The first-order chi connectivity index (χ1) is 6.02. The molecule has 0 aromatic carbocycles. The SMILES string of the molecule is CC1=CC=C(/C(C)=C(\C)C(C)C)C1. The zero-order chi connectivity index (χ0) is 10.0. The Morgan fingerprint density at radius 2 is 1.85 bits per heavy atom. The van der Waals surface area contributed by atoms with Crippen molar-refractivity contribution in [3.8, 4) is 0 Å². The number of allylic oxidation sites excluding steroid dienone is 6. The fourth-order valence-corrected chi connectivity index (χ4v) is 1.60. The third kappa shape index (κ3) is 2.33. The van der Waals surface area contributed by atoms with Gasteiger partial charge >= 0.3 is 0 Å². The summed E-state index contributed by atoms with van der Waals surface area (Å²) in [5, 5.41) is 0. The van der Waals surface area contributed by atoms with Crippen molar-refractivity contribution < 1.29 is 0 Å². The summed E-state index contributed by atoms with van der Waals surface area (Å²) in [5.41, 5.74) is 5.99. The normalized spacial score (nSPS) is 18.6. The van der Waals surface area contributed by atoms with Crippen LogP contribution in [0.15, 0.2) is 34.4 Å². The van der Waals surface area contributed by atoms with Crippen LogP contribution in [0.4, 0.5) is 0 Å². The van der Waals surface area contributed by atoms with Gasteiger partial charge in [0.25, 0.3) is 0 Å². The Hall–Kier alpha value is -0.780. The Kier molecular flexibility index (Phi) is 3.13. The Balaban J connectivity index is 2.81. The number of hydrogen-bond donors (Lipinski definition) is 0. The van der Waals surface area contributed by atoms with Gasteiger partial charge in [0.2, 0.25) is 0 Å². The highest BCUT2D eigenvalue weighted by Crippen LogP contribution is 2.28. The molecule has 0 aliphatic heterocycles. The van der Waals surface area contributed by atoms with E-state index in [-0.39, 0.29) is 0 Å². The van der Waals surface area contributed by atoms with E-state index in [1.54, 1.807) is 0 Å². The predicted octanol–water partition coefficient (Wildman–Crippen LogP) is 4.26. The molecule has 0 N–H and O–H groups in total. The predicted molar refractivity (Wildman–Crippen MR) is 59.7 cm³/mol. The van der Waals surface area contributed by atoms with E-state index >= 15 is 0 Å². The van der Waals surface area contributed by atoms with Crippen LogP contribution in [-0.4, -0.2) is 0 Å². The maximum atomic E-state index is 2.26. The van der Waals surface area contributed by atoms with Crippen molar-refractivity contribution in [1.82, 2.24) is 0 Å². The van der Waals surface area contributed by atoms with Gasteiger partial charge in [0.05, 0.1) is 0 Å². The van der Waals surface area contributed by atoms with Crippen LogP contribution in [0.1, 0.15) is 41.0 Å². The zero-order valence-corrected chi connectivity index (χ0v) is 9.44. The standard InChI is InChI=1S/C13H20/c1-9(2)11(4)12(5)13-7-6-10(3)8-13/h6-7,9H,8H2,1-5H3/b12-11+. The van der Waals surface area contributed by atoms with Crippen molar-refractivity contribution in [1.29, 1.82) is 0 Å². The largest absolute Gasteiger partial charge is 0.0689 e. The summed E-state index contributed by atoms with van der Waals surface area (Å²) >= 11 is 0. The molecule has 0 aromatic heterocycles. The third-order valence-electron chi connectivity index (χ3n) is 2.98. The van der Waals surface area contributed by atoms with Gasteiger partial charge in [0, 0.05) is 0 Å². The van der Waals surface area contributed by atoms with E-state index in [4.69, 9.17) is 0 Å². The molecule has 0 radical (unpaired) electrons. The van der Waals surface area contributed by atoms with Crippen LogP contribution in [-0.2, 0) is 0 Å². The molecule has 0 bridgehead atoms. The van der Waals surface area contributed by atoms with Crippen LogP contribution in [0.25, 0.3) is 0 Å². The van der Waals surface area contributed by atoms with Gasteiger partial charge in [-0.15, -0.1) is 0 Å². The van der Waals surface area contributed by atoms with Crippen molar-refractivity contribution in [2.75, 3.05) is 0 Å². The summed E-state index contributed by atoms with van der Waals surface area (Å²) in [6.45, 7) is 11.2. The lowest BCUT2D eigenvalue weighted by Gasteiger charge is -2.12. The van der Waals surface area contributed by atoms with Crippen LogP contribution < -0.4 is 0 Å². The molecule has 0 amide bonds. The highest BCUT2D eigenvalue weighted by Gasteiger charge is 2.09. The van der Waals surface area contributed by atoms with Gasteiger partial charge in [0.15, 0.2) is 0 Å². The molecule has 0 saturated heterocycles. The first-order valence-electron chi connectivity index (χ1n) is 5.06. The molecule has 0 saturated carbocycles. The molecule has 1 rings (SSSR count). The molecular weight excluding hydrogens is 156 g/mol. The maximum Gasteiger partial charge on any atom is -0.00641 e. The summed E-state index contributed by atoms with van der Waals surface area (Å²) in [7, 11) is 0. The topological polar surface area (TPSA) is 0 Å². The van der Waals surface area contributed by atoms with Crippen LogP contribution in [0, 0.1) is 5.92 Å². The lowest BCUT2D eigenvalue weighted by molar-refractivity contribution is 0.757. The minimum Gasteiger partial charge on any atom is -0.0689 e. The van der Waals surface area contributed by atoms with Crippen LogP contribution in [0.2, 0.25) is 0 Å². The van der Waals surface area contributed by atoms with Crippen LogP contribution in [0.5, 0.6) is 0 Å². The highest BCUT2D eigenvalue weighted by atomic mass is 14.2. The van der Waals surface area contributed by atoms with Crippen molar-refractivity contribution >= 4 is 0 Å². The first-order valence-corrected chi connectivity index (χ1v) is 5.06. The van der Waals surface area contributed by atoms with Gasteiger partial charge in [0.1, 0.15) is 0 Å². The molecule has 0 heteroatoms. The molecule has 0 unspecified atom stereocenters. The van der Waals surface area contributed by atoms with Gasteiger partial charge < -0.3 is 0 Å². The molecule has 1 aliphatic carbocycles. The molecule has 1 aliphatic rings. The Morgan fingerprint density at radius 3 is 2.23 bits per heavy atom. The van der Waals surface area contributed by atoms with E-state index < -0.39 is 0 Å². The average Bonchev–Trinajstić information content (AvgIpc) is 2.49. The summed E-state index contributed by atoms with van der Waals surface area (Å²) in [5.74, 6) is 0.668. The quantitative estimate of drug-likeness (QED) is 0.590. The number of hydrogen-bond acceptors (Lipinski definition) is 0. The summed E-state index contributed by atoms with van der Waals surface area (Å²) in [6.07, 6.45) is 5.64. The zero-order valence-electron chi connectivity index (χ0n) is 9.44. The van der Waals surface area contributed by atoms with Gasteiger partial charge in [-0.25, -0.2) is 0 Å². The molecule has 0 nitrogen and oxygen atoms in total. The summed E-state index contributed by atoms with van der Waals surface area (Å²) in [6, 6.07) is 0. The highest BCUT2D eigenvalue weighted by molar-refractivity contribution is 5.43. The van der Waals surface area contributed by atoms with Gasteiger partial charge in [-0.2, -0.15) is 0 Å². The average molecular weight is 176 g/mol. The molecule has 0 aromatic rings. The van der Waals surface area contributed by atoms with Gasteiger partial charge in [-0.1, -0.05) is 37.1 Å². The first kappa shape index (κ1) is 10.3. The monoisotopic (exact) mass is 176 g/mol. The minimum absolute atomic E-state index is 0.668. The van der Waals surface area contributed by atoms with E-state index in [1.807, 2.05) is 0 Å². The smallest absolute Gasteiger partial charge is 0.00641 e. The second kappa shape index (κ2) is 3.95. The molecular formula is C13H20. The minimum atomic E-state index is 0.668. The van der Waals surface area contributed by atoms with E-state index in [2.05, 4.69) is 46.8 Å². The summed E-state index contributed by atoms with van der Waals surface area (Å²) in [4.78, 5) is 0. The molecule has 13 heavy (non-hydrogen) atoms. The van der Waals surface area contributed by atoms with Crippen molar-refractivity contribution in [3.05, 3.63) is 34.4 Å². The molecule has 0 fully saturated rings. The van der Waals surface area contributed by atoms with Crippen molar-refractivity contribution in [2.24, 2.45) is 5.92 Å². The summed E-state index contributed by atoms with van der Waals surface area (Å²) < 4.78 is 0. The van der Waals surface area contributed by atoms with Gasteiger partial charge in [-0.05, 0) is 44.3 Å². The Morgan fingerprint density at radius 1 is 1.23 bits per heavy atom.